The van der Waals surface area contributed by atoms with Crippen molar-refractivity contribution in [3.8, 4) is 5.75 Å². The van der Waals surface area contributed by atoms with Gasteiger partial charge in [-0.2, -0.15) is 0 Å². The average molecular weight is 410 g/mol. The highest BCUT2D eigenvalue weighted by Crippen LogP contribution is 2.67. The molecule has 1 aromatic heterocycles. The van der Waals surface area contributed by atoms with Gasteiger partial charge in [-0.3, -0.25) is 4.98 Å². The van der Waals surface area contributed by atoms with Crippen molar-refractivity contribution in [1.29, 1.82) is 0 Å². The van der Waals surface area contributed by atoms with E-state index in [0.717, 1.165) is 48.3 Å². The number of aromatic hydroxyl groups is 1. The molecule has 3 saturated carbocycles. The zero-order valence-electron chi connectivity index (χ0n) is 19.2. The fourth-order valence-electron chi connectivity index (χ4n) is 8.61. The second kappa shape index (κ2) is 7.08. The smallest absolute Gasteiger partial charge is 0.137 e. The van der Waals surface area contributed by atoms with Gasteiger partial charge in [-0.1, -0.05) is 32.4 Å². The SMILES string of the molecule is Cc1cnc([C@H](C)C2CCC3C4CC=C5C[C@@H](O)CC[C@]5(C)C4CC[C@@]32C)c(O)c1. The number of aliphatic hydroxyl groups excluding tert-OH is 1. The first-order valence-corrected chi connectivity index (χ1v) is 12.3. The molecular weight excluding hydrogens is 370 g/mol. The second-order valence-corrected chi connectivity index (χ2v) is 11.6. The molecule has 164 valence electrons. The number of hydrogen-bond acceptors (Lipinski definition) is 3. The standard InChI is InChI=1S/C27H39NO2/c1-16-13-24(30)25(28-15-16)17(2)21-7-8-22-20-6-5-18-14-19(29)9-11-26(18,3)23(20)10-12-27(21,22)4/h5,13,15,17,19-23,29-30H,6-12,14H2,1-4H3/t17-,19+,20?,21?,22?,23?,26+,27-/m1/s1. The molecule has 0 spiro atoms. The molecule has 4 unspecified atom stereocenters. The lowest BCUT2D eigenvalue weighted by molar-refractivity contribution is -0.0526. The quantitative estimate of drug-likeness (QED) is 0.577. The first-order valence-electron chi connectivity index (χ1n) is 12.3. The maximum atomic E-state index is 10.6. The number of allylic oxidation sites excluding steroid dienone is 1. The van der Waals surface area contributed by atoms with Gasteiger partial charge in [0.25, 0.3) is 0 Å². The molecule has 0 radical (unpaired) electrons. The summed E-state index contributed by atoms with van der Waals surface area (Å²) in [6.07, 6.45) is 13.7. The number of aliphatic hydroxyl groups is 1. The Balaban J connectivity index is 1.43. The first kappa shape index (κ1) is 20.5. The van der Waals surface area contributed by atoms with Gasteiger partial charge in [-0.05, 0) is 104 Å². The Hall–Kier alpha value is -1.35. The molecule has 3 heteroatoms. The van der Waals surface area contributed by atoms with Gasteiger partial charge in [0.15, 0.2) is 0 Å². The molecule has 4 aliphatic rings. The van der Waals surface area contributed by atoms with Gasteiger partial charge in [0.2, 0.25) is 0 Å². The van der Waals surface area contributed by atoms with Crippen LogP contribution in [-0.2, 0) is 0 Å². The predicted molar refractivity (Wildman–Crippen MR) is 120 cm³/mol. The Morgan fingerprint density at radius 2 is 1.90 bits per heavy atom. The van der Waals surface area contributed by atoms with E-state index in [9.17, 15) is 10.2 Å². The van der Waals surface area contributed by atoms with Crippen LogP contribution in [0.3, 0.4) is 0 Å². The van der Waals surface area contributed by atoms with Gasteiger partial charge in [0.1, 0.15) is 5.75 Å². The van der Waals surface area contributed by atoms with Gasteiger partial charge in [-0.15, -0.1) is 0 Å². The number of aryl methyl sites for hydroxylation is 1. The van der Waals surface area contributed by atoms with E-state index in [4.69, 9.17) is 0 Å². The highest BCUT2D eigenvalue weighted by atomic mass is 16.3. The second-order valence-electron chi connectivity index (χ2n) is 11.6. The first-order chi connectivity index (χ1) is 14.2. The molecule has 0 aromatic carbocycles. The van der Waals surface area contributed by atoms with Gasteiger partial charge in [-0.25, -0.2) is 0 Å². The minimum absolute atomic E-state index is 0.124. The Morgan fingerprint density at radius 1 is 1.10 bits per heavy atom. The predicted octanol–water partition coefficient (Wildman–Crippen LogP) is 6.14. The Kier molecular flexibility index (Phi) is 4.85. The summed E-state index contributed by atoms with van der Waals surface area (Å²) in [5.41, 5.74) is 4.13. The van der Waals surface area contributed by atoms with Gasteiger partial charge < -0.3 is 10.2 Å². The molecule has 5 rings (SSSR count). The normalized spacial score (nSPS) is 43.9. The number of hydrogen-bond donors (Lipinski definition) is 2. The van der Waals surface area contributed by atoms with Gasteiger partial charge in [0, 0.05) is 12.1 Å². The largest absolute Gasteiger partial charge is 0.506 e. The van der Waals surface area contributed by atoms with Gasteiger partial charge in [0.05, 0.1) is 11.8 Å². The third kappa shape index (κ3) is 2.91. The van der Waals surface area contributed by atoms with Crippen molar-refractivity contribution in [2.75, 3.05) is 0 Å². The molecule has 0 aliphatic heterocycles. The fourth-order valence-corrected chi connectivity index (χ4v) is 8.61. The lowest BCUT2D eigenvalue weighted by Crippen LogP contribution is -2.50. The molecule has 1 heterocycles. The molecular formula is C27H39NO2. The van der Waals surface area contributed by atoms with Crippen molar-refractivity contribution >= 4 is 0 Å². The molecule has 3 nitrogen and oxygen atoms in total. The van der Waals surface area contributed by atoms with Crippen LogP contribution in [0.2, 0.25) is 0 Å². The molecule has 3 fully saturated rings. The Morgan fingerprint density at radius 3 is 2.67 bits per heavy atom. The van der Waals surface area contributed by atoms with Crippen LogP contribution in [0.15, 0.2) is 23.9 Å². The summed E-state index contributed by atoms with van der Waals surface area (Å²) in [6, 6.07) is 1.87. The third-order valence-electron chi connectivity index (χ3n) is 10.2. The summed E-state index contributed by atoms with van der Waals surface area (Å²) < 4.78 is 0. The number of nitrogens with zero attached hydrogens (tertiary/aromatic N) is 1. The zero-order chi connectivity index (χ0) is 21.3. The van der Waals surface area contributed by atoms with E-state index in [1.807, 2.05) is 19.2 Å². The maximum Gasteiger partial charge on any atom is 0.137 e. The number of pyridine rings is 1. The molecule has 4 aliphatic carbocycles. The minimum Gasteiger partial charge on any atom is -0.506 e. The molecule has 0 saturated heterocycles. The van der Waals surface area contributed by atoms with Crippen LogP contribution in [0, 0.1) is 41.4 Å². The van der Waals surface area contributed by atoms with E-state index in [2.05, 4.69) is 31.8 Å². The lowest BCUT2D eigenvalue weighted by atomic mass is 9.47. The molecule has 0 amide bonds. The number of aromatic nitrogens is 1. The van der Waals surface area contributed by atoms with Crippen LogP contribution >= 0.6 is 0 Å². The fraction of sp³-hybridized carbons (Fsp3) is 0.741. The highest BCUT2D eigenvalue weighted by molar-refractivity contribution is 5.33. The summed E-state index contributed by atoms with van der Waals surface area (Å²) in [4.78, 5) is 4.66. The summed E-state index contributed by atoms with van der Waals surface area (Å²) >= 11 is 0. The average Bonchev–Trinajstić information content (AvgIpc) is 3.05. The lowest BCUT2D eigenvalue weighted by Gasteiger charge is -2.58. The van der Waals surface area contributed by atoms with Gasteiger partial charge >= 0.3 is 0 Å². The zero-order valence-corrected chi connectivity index (χ0v) is 19.2. The molecule has 30 heavy (non-hydrogen) atoms. The Bertz CT molecular complexity index is 862. The van der Waals surface area contributed by atoms with E-state index in [1.165, 1.54) is 32.1 Å². The number of fused-ring (bicyclic) bond motifs is 5. The molecule has 8 atom stereocenters. The van der Waals surface area contributed by atoms with Crippen molar-refractivity contribution in [3.63, 3.8) is 0 Å². The molecule has 0 bridgehead atoms. The Labute approximate surface area is 182 Å². The topological polar surface area (TPSA) is 53.4 Å². The third-order valence-corrected chi connectivity index (χ3v) is 10.2. The van der Waals surface area contributed by atoms with Crippen molar-refractivity contribution in [3.05, 3.63) is 35.2 Å². The minimum atomic E-state index is -0.124. The van der Waals surface area contributed by atoms with E-state index < -0.39 is 0 Å². The van der Waals surface area contributed by atoms with Crippen LogP contribution in [0.1, 0.15) is 89.3 Å². The van der Waals surface area contributed by atoms with Crippen LogP contribution in [0.5, 0.6) is 5.75 Å². The van der Waals surface area contributed by atoms with Crippen molar-refractivity contribution in [2.45, 2.75) is 91.1 Å². The van der Waals surface area contributed by atoms with E-state index >= 15 is 0 Å². The van der Waals surface area contributed by atoms with Crippen LogP contribution in [0.4, 0.5) is 0 Å². The van der Waals surface area contributed by atoms with Crippen LogP contribution in [0.25, 0.3) is 0 Å². The van der Waals surface area contributed by atoms with Crippen LogP contribution < -0.4 is 0 Å². The summed E-state index contributed by atoms with van der Waals surface area (Å²) in [5.74, 6) is 3.61. The van der Waals surface area contributed by atoms with Crippen molar-refractivity contribution < 1.29 is 10.2 Å². The maximum absolute atomic E-state index is 10.6. The molecule has 1 aromatic rings. The monoisotopic (exact) mass is 409 g/mol. The number of rotatable bonds is 2. The van der Waals surface area contributed by atoms with Crippen molar-refractivity contribution in [1.82, 2.24) is 4.98 Å². The van der Waals surface area contributed by atoms with E-state index in [1.54, 1.807) is 5.57 Å². The summed E-state index contributed by atoms with van der Waals surface area (Å²) in [6.45, 7) is 9.35. The highest BCUT2D eigenvalue weighted by Gasteiger charge is 2.59. The summed E-state index contributed by atoms with van der Waals surface area (Å²) in [5, 5.41) is 20.8. The summed E-state index contributed by atoms with van der Waals surface area (Å²) in [7, 11) is 0. The van der Waals surface area contributed by atoms with Crippen molar-refractivity contribution in [2.24, 2.45) is 34.5 Å². The van der Waals surface area contributed by atoms with E-state index in [0.29, 0.717) is 28.4 Å². The van der Waals surface area contributed by atoms with Crippen LogP contribution in [-0.4, -0.2) is 21.3 Å². The molecule has 2 N–H and O–H groups in total. The van der Waals surface area contributed by atoms with E-state index in [-0.39, 0.29) is 6.10 Å².